The molecule has 5 nitrogen and oxygen atoms in total. The lowest BCUT2D eigenvalue weighted by Crippen LogP contribution is -2.34. The van der Waals surface area contributed by atoms with Crippen molar-refractivity contribution >= 4 is 5.91 Å². The molecule has 1 fully saturated rings. The van der Waals surface area contributed by atoms with Crippen LogP contribution in [0.1, 0.15) is 19.3 Å². The van der Waals surface area contributed by atoms with E-state index in [1.54, 1.807) is 0 Å². The van der Waals surface area contributed by atoms with Crippen molar-refractivity contribution in [3.05, 3.63) is 0 Å². The van der Waals surface area contributed by atoms with Crippen molar-refractivity contribution in [1.29, 1.82) is 0 Å². The summed E-state index contributed by atoms with van der Waals surface area (Å²) in [7, 11) is 1.98. The van der Waals surface area contributed by atoms with Crippen molar-refractivity contribution in [3.8, 4) is 0 Å². The van der Waals surface area contributed by atoms with Crippen LogP contribution >= 0.6 is 0 Å². The van der Waals surface area contributed by atoms with Gasteiger partial charge in [-0.3, -0.25) is 10.2 Å². The first-order valence-electron chi connectivity index (χ1n) is 5.48. The highest BCUT2D eigenvalue weighted by molar-refractivity contribution is 5.75. The lowest BCUT2D eigenvalue weighted by Gasteiger charge is -2.15. The molecule has 0 atom stereocenters. The van der Waals surface area contributed by atoms with E-state index in [0.29, 0.717) is 6.42 Å². The highest BCUT2D eigenvalue weighted by Gasteiger charge is 2.20. The molecule has 0 aromatic rings. The zero-order chi connectivity index (χ0) is 11.1. The topological polar surface area (TPSA) is 67.6 Å². The molecular weight excluding hydrogens is 194 g/mol. The van der Waals surface area contributed by atoms with Gasteiger partial charge < -0.3 is 9.64 Å². The van der Waals surface area contributed by atoms with Gasteiger partial charge >= 0.3 is 0 Å². The summed E-state index contributed by atoms with van der Waals surface area (Å²) in [5, 5.41) is 0. The number of hydrogen-bond donors (Lipinski definition) is 2. The van der Waals surface area contributed by atoms with E-state index < -0.39 is 0 Å². The van der Waals surface area contributed by atoms with Crippen molar-refractivity contribution in [2.24, 2.45) is 11.8 Å². The van der Waals surface area contributed by atoms with Crippen LogP contribution in [-0.2, 0) is 9.53 Å². The molecular formula is C10H21N3O2. The summed E-state index contributed by atoms with van der Waals surface area (Å²) < 4.78 is 5.49. The minimum absolute atomic E-state index is 0.124. The average molecular weight is 215 g/mol. The van der Waals surface area contributed by atoms with Crippen LogP contribution in [-0.4, -0.2) is 44.2 Å². The Bertz CT molecular complexity index is 195. The molecule has 0 aliphatic heterocycles. The van der Waals surface area contributed by atoms with Gasteiger partial charge in [-0.2, -0.15) is 0 Å². The highest BCUT2D eigenvalue weighted by atomic mass is 16.5. The van der Waals surface area contributed by atoms with Crippen LogP contribution < -0.4 is 11.3 Å². The molecule has 1 saturated carbocycles. The van der Waals surface area contributed by atoms with Crippen LogP contribution in [0, 0.1) is 5.92 Å². The van der Waals surface area contributed by atoms with Crippen LogP contribution in [0.4, 0.5) is 0 Å². The standard InChI is InChI=1S/C10H21N3O2/c1-13(5-4-10(14)12-11)6-7-15-8-9-2-3-9/h9H,2-8,11H2,1H3,(H,12,14). The normalized spacial score (nSPS) is 15.7. The SMILES string of the molecule is CN(CCOCC1CC1)CCC(=O)NN. The summed E-state index contributed by atoms with van der Waals surface area (Å²) in [6.07, 6.45) is 3.09. The van der Waals surface area contributed by atoms with E-state index in [0.717, 1.165) is 32.2 Å². The lowest BCUT2D eigenvalue weighted by atomic mass is 10.4. The molecule has 1 rings (SSSR count). The largest absolute Gasteiger partial charge is 0.380 e. The van der Waals surface area contributed by atoms with E-state index in [-0.39, 0.29) is 5.91 Å². The van der Waals surface area contributed by atoms with Gasteiger partial charge in [-0.05, 0) is 25.8 Å². The summed E-state index contributed by atoms with van der Waals surface area (Å²) >= 11 is 0. The zero-order valence-corrected chi connectivity index (χ0v) is 9.37. The number of rotatable bonds is 8. The second-order valence-electron chi connectivity index (χ2n) is 4.14. The molecule has 0 spiro atoms. The first kappa shape index (κ1) is 12.4. The molecule has 0 radical (unpaired) electrons. The zero-order valence-electron chi connectivity index (χ0n) is 9.37. The van der Waals surface area contributed by atoms with E-state index in [1.165, 1.54) is 12.8 Å². The molecule has 5 heteroatoms. The molecule has 15 heavy (non-hydrogen) atoms. The molecule has 3 N–H and O–H groups in total. The fraction of sp³-hybridized carbons (Fsp3) is 0.900. The molecule has 0 heterocycles. The Balaban J connectivity index is 1.87. The van der Waals surface area contributed by atoms with Gasteiger partial charge in [-0.1, -0.05) is 0 Å². The van der Waals surface area contributed by atoms with E-state index >= 15 is 0 Å². The van der Waals surface area contributed by atoms with Crippen LogP contribution in [0.2, 0.25) is 0 Å². The Morgan fingerprint density at radius 1 is 1.53 bits per heavy atom. The fourth-order valence-electron chi connectivity index (χ4n) is 1.23. The van der Waals surface area contributed by atoms with Crippen LogP contribution in [0.25, 0.3) is 0 Å². The summed E-state index contributed by atoms with van der Waals surface area (Å²) in [5.41, 5.74) is 2.11. The number of carbonyl (C=O) groups excluding carboxylic acids is 1. The van der Waals surface area contributed by atoms with Crippen molar-refractivity contribution < 1.29 is 9.53 Å². The molecule has 0 unspecified atom stereocenters. The maximum absolute atomic E-state index is 10.8. The van der Waals surface area contributed by atoms with Crippen molar-refractivity contribution in [2.75, 3.05) is 33.4 Å². The van der Waals surface area contributed by atoms with Gasteiger partial charge in [0.1, 0.15) is 0 Å². The molecule has 0 bridgehead atoms. The summed E-state index contributed by atoms with van der Waals surface area (Å²) in [4.78, 5) is 12.9. The van der Waals surface area contributed by atoms with E-state index in [9.17, 15) is 4.79 Å². The summed E-state index contributed by atoms with van der Waals surface area (Å²) in [6.45, 7) is 3.23. The predicted molar refractivity (Wildman–Crippen MR) is 58.0 cm³/mol. The Morgan fingerprint density at radius 3 is 2.87 bits per heavy atom. The number of hydrogen-bond acceptors (Lipinski definition) is 4. The van der Waals surface area contributed by atoms with Crippen molar-refractivity contribution in [2.45, 2.75) is 19.3 Å². The molecule has 0 aromatic heterocycles. The highest BCUT2D eigenvalue weighted by Crippen LogP contribution is 2.28. The monoisotopic (exact) mass is 215 g/mol. The maximum Gasteiger partial charge on any atom is 0.235 e. The lowest BCUT2D eigenvalue weighted by molar-refractivity contribution is -0.121. The summed E-state index contributed by atoms with van der Waals surface area (Å²) in [5.74, 6) is 5.67. The molecule has 1 amide bonds. The number of amides is 1. The molecule has 0 aromatic carbocycles. The van der Waals surface area contributed by atoms with Crippen molar-refractivity contribution in [1.82, 2.24) is 10.3 Å². The number of carbonyl (C=O) groups is 1. The number of ether oxygens (including phenoxy) is 1. The molecule has 1 aliphatic rings. The van der Waals surface area contributed by atoms with Gasteiger partial charge in [0.15, 0.2) is 0 Å². The predicted octanol–water partition coefficient (Wildman–Crippen LogP) is -0.275. The number of hydrazine groups is 1. The average Bonchev–Trinajstić information content (AvgIpc) is 3.04. The Hall–Kier alpha value is -0.650. The summed E-state index contributed by atoms with van der Waals surface area (Å²) in [6, 6.07) is 0. The third kappa shape index (κ3) is 6.43. The molecule has 88 valence electrons. The van der Waals surface area contributed by atoms with Gasteiger partial charge in [0.25, 0.3) is 0 Å². The van der Waals surface area contributed by atoms with Gasteiger partial charge in [-0.25, -0.2) is 5.84 Å². The second-order valence-corrected chi connectivity index (χ2v) is 4.14. The second kappa shape index (κ2) is 6.76. The van der Waals surface area contributed by atoms with E-state index in [2.05, 4.69) is 10.3 Å². The quantitative estimate of drug-likeness (QED) is 0.253. The third-order valence-corrected chi connectivity index (χ3v) is 2.55. The Kier molecular flexibility index (Phi) is 5.60. The van der Waals surface area contributed by atoms with E-state index in [4.69, 9.17) is 10.6 Å². The van der Waals surface area contributed by atoms with Gasteiger partial charge in [0, 0.05) is 26.1 Å². The number of likely N-dealkylation sites (N-methyl/N-ethyl adjacent to an activating group) is 1. The van der Waals surface area contributed by atoms with Crippen LogP contribution in [0.15, 0.2) is 0 Å². The number of nitrogens with two attached hydrogens (primary N) is 1. The first-order chi connectivity index (χ1) is 7.22. The Morgan fingerprint density at radius 2 is 2.27 bits per heavy atom. The molecule has 0 saturated heterocycles. The third-order valence-electron chi connectivity index (χ3n) is 2.55. The minimum atomic E-state index is -0.124. The Labute approximate surface area is 90.9 Å². The maximum atomic E-state index is 10.8. The van der Waals surface area contributed by atoms with Crippen LogP contribution in [0.5, 0.6) is 0 Å². The van der Waals surface area contributed by atoms with Crippen molar-refractivity contribution in [3.63, 3.8) is 0 Å². The van der Waals surface area contributed by atoms with Gasteiger partial charge in [-0.15, -0.1) is 0 Å². The number of nitrogens with zero attached hydrogens (tertiary/aromatic N) is 1. The van der Waals surface area contributed by atoms with Crippen LogP contribution in [0.3, 0.4) is 0 Å². The smallest absolute Gasteiger partial charge is 0.235 e. The fourth-order valence-corrected chi connectivity index (χ4v) is 1.23. The number of nitrogens with one attached hydrogen (secondary N) is 1. The molecule has 1 aliphatic carbocycles. The van der Waals surface area contributed by atoms with E-state index in [1.807, 2.05) is 7.05 Å². The van der Waals surface area contributed by atoms with Gasteiger partial charge in [0.05, 0.1) is 6.61 Å². The van der Waals surface area contributed by atoms with Gasteiger partial charge in [0.2, 0.25) is 5.91 Å². The minimum Gasteiger partial charge on any atom is -0.380 e. The first-order valence-corrected chi connectivity index (χ1v) is 5.48.